The molecule has 0 saturated carbocycles. The highest BCUT2D eigenvalue weighted by Crippen LogP contribution is 2.26. The van der Waals surface area contributed by atoms with E-state index in [0.717, 1.165) is 0 Å². The van der Waals surface area contributed by atoms with E-state index < -0.39 is 30.2 Å². The van der Waals surface area contributed by atoms with Gasteiger partial charge in [0.15, 0.2) is 6.29 Å². The fourth-order valence-corrected chi connectivity index (χ4v) is 1.44. The minimum atomic E-state index is -1.29. The van der Waals surface area contributed by atoms with Gasteiger partial charge < -0.3 is 25.2 Å². The molecule has 0 aromatic carbocycles. The van der Waals surface area contributed by atoms with E-state index in [1.807, 2.05) is 0 Å². The molecule has 5 heteroatoms. The van der Waals surface area contributed by atoms with Gasteiger partial charge in [0, 0.05) is 6.42 Å². The van der Waals surface area contributed by atoms with Gasteiger partial charge >= 0.3 is 0 Å². The van der Waals surface area contributed by atoms with Gasteiger partial charge in [0.2, 0.25) is 0 Å². The molecule has 0 bridgehead atoms. The smallest absolute Gasteiger partial charge is 0.157 e. The van der Waals surface area contributed by atoms with Crippen molar-refractivity contribution in [2.75, 3.05) is 0 Å². The van der Waals surface area contributed by atoms with Gasteiger partial charge in [-0.05, 0) is 13.8 Å². The lowest BCUT2D eigenvalue weighted by molar-refractivity contribution is -0.269. The highest BCUT2D eigenvalue weighted by atomic mass is 16.6. The molecule has 0 spiro atoms. The highest BCUT2D eigenvalue weighted by Gasteiger charge is 2.43. The van der Waals surface area contributed by atoms with E-state index in [-0.39, 0.29) is 6.42 Å². The highest BCUT2D eigenvalue weighted by molar-refractivity contribution is 4.91. The lowest BCUT2D eigenvalue weighted by Crippen LogP contribution is -2.57. The Bertz CT molecular complexity index is 176. The van der Waals surface area contributed by atoms with Gasteiger partial charge in [-0.25, -0.2) is 0 Å². The lowest BCUT2D eigenvalue weighted by atomic mass is 9.90. The van der Waals surface area contributed by atoms with Crippen molar-refractivity contribution in [3.63, 3.8) is 0 Å². The summed E-state index contributed by atoms with van der Waals surface area (Å²) >= 11 is 0. The van der Waals surface area contributed by atoms with Crippen LogP contribution < -0.4 is 0 Å². The van der Waals surface area contributed by atoms with Crippen LogP contribution in [-0.4, -0.2) is 50.6 Å². The quantitative estimate of drug-likeness (QED) is 0.409. The van der Waals surface area contributed by atoms with Crippen LogP contribution in [0, 0.1) is 0 Å². The molecule has 13 heavy (non-hydrogen) atoms. The molecule has 0 aromatic heterocycles. The molecule has 1 aliphatic rings. The Balaban J connectivity index is 2.72. The summed E-state index contributed by atoms with van der Waals surface area (Å²) < 4.78 is 4.93. The zero-order valence-electron chi connectivity index (χ0n) is 7.71. The van der Waals surface area contributed by atoms with Crippen molar-refractivity contribution < 1.29 is 25.2 Å². The first-order valence-electron chi connectivity index (χ1n) is 4.24. The number of aliphatic hydroxyl groups is 4. The van der Waals surface area contributed by atoms with Gasteiger partial charge in [-0.3, -0.25) is 0 Å². The Morgan fingerprint density at radius 2 is 1.77 bits per heavy atom. The van der Waals surface area contributed by atoms with Gasteiger partial charge in [0.25, 0.3) is 0 Å². The maximum absolute atomic E-state index is 9.54. The molecule has 1 rings (SSSR count). The maximum Gasteiger partial charge on any atom is 0.157 e. The topological polar surface area (TPSA) is 90.2 Å². The monoisotopic (exact) mass is 192 g/mol. The predicted octanol–water partition coefficient (Wildman–Crippen LogP) is -1.41. The first-order chi connectivity index (χ1) is 5.82. The van der Waals surface area contributed by atoms with Gasteiger partial charge in [0.05, 0.1) is 11.7 Å². The average Bonchev–Trinajstić information content (AvgIpc) is 1.94. The second kappa shape index (κ2) is 3.51. The Morgan fingerprint density at radius 1 is 1.23 bits per heavy atom. The molecular weight excluding hydrogens is 176 g/mol. The normalized spacial score (nSPS) is 42.0. The average molecular weight is 192 g/mol. The summed E-state index contributed by atoms with van der Waals surface area (Å²) in [5.74, 6) is 0. The summed E-state index contributed by atoms with van der Waals surface area (Å²) in [5.41, 5.74) is -1.29. The molecule has 78 valence electrons. The third-order valence-electron chi connectivity index (χ3n) is 2.15. The standard InChI is InChI=1S/C8H16O5/c1-8(2,12)7-6(11)4(9)3-5(10)13-7/h4-7,9-12H,3H2,1-2H3/t4-,5?,6+,7+/m1/s1. The van der Waals surface area contributed by atoms with Crippen molar-refractivity contribution >= 4 is 0 Å². The fraction of sp³-hybridized carbons (Fsp3) is 1.00. The molecule has 1 fully saturated rings. The van der Waals surface area contributed by atoms with Gasteiger partial charge in [-0.1, -0.05) is 0 Å². The second-order valence-corrected chi connectivity index (χ2v) is 3.96. The largest absolute Gasteiger partial charge is 0.390 e. The first-order valence-corrected chi connectivity index (χ1v) is 4.24. The van der Waals surface area contributed by atoms with E-state index in [1.165, 1.54) is 13.8 Å². The Labute approximate surface area is 76.6 Å². The number of hydrogen-bond donors (Lipinski definition) is 4. The number of ether oxygens (including phenoxy) is 1. The van der Waals surface area contributed by atoms with Crippen LogP contribution in [0.3, 0.4) is 0 Å². The number of aliphatic hydroxyl groups excluding tert-OH is 3. The molecule has 0 amide bonds. The van der Waals surface area contributed by atoms with Crippen molar-refractivity contribution in [1.29, 1.82) is 0 Å². The molecule has 0 aliphatic carbocycles. The van der Waals surface area contributed by atoms with Crippen LogP contribution >= 0.6 is 0 Å². The van der Waals surface area contributed by atoms with Gasteiger partial charge in [0.1, 0.15) is 12.2 Å². The summed E-state index contributed by atoms with van der Waals surface area (Å²) in [6, 6.07) is 0. The van der Waals surface area contributed by atoms with E-state index >= 15 is 0 Å². The second-order valence-electron chi connectivity index (χ2n) is 3.96. The molecule has 1 saturated heterocycles. The van der Waals surface area contributed by atoms with Crippen molar-refractivity contribution in [3.8, 4) is 0 Å². The molecule has 4 atom stereocenters. The predicted molar refractivity (Wildman–Crippen MR) is 43.8 cm³/mol. The van der Waals surface area contributed by atoms with Crippen LogP contribution in [0.25, 0.3) is 0 Å². The van der Waals surface area contributed by atoms with Crippen LogP contribution in [0.4, 0.5) is 0 Å². The SMILES string of the molecule is CC(C)(O)[C@H]1OC(O)C[C@@H](O)[C@@H]1O. The third kappa shape index (κ3) is 2.38. The van der Waals surface area contributed by atoms with Crippen molar-refractivity contribution in [2.45, 2.75) is 50.5 Å². The minimum Gasteiger partial charge on any atom is -0.390 e. The Hall–Kier alpha value is -0.200. The minimum absolute atomic E-state index is 0.0340. The van der Waals surface area contributed by atoms with E-state index in [2.05, 4.69) is 0 Å². The number of rotatable bonds is 1. The molecule has 1 unspecified atom stereocenters. The zero-order valence-corrected chi connectivity index (χ0v) is 7.71. The number of hydrogen-bond acceptors (Lipinski definition) is 5. The molecule has 0 radical (unpaired) electrons. The van der Waals surface area contributed by atoms with E-state index in [9.17, 15) is 15.3 Å². The molecular formula is C8H16O5. The van der Waals surface area contributed by atoms with Gasteiger partial charge in [-0.15, -0.1) is 0 Å². The van der Waals surface area contributed by atoms with Crippen LogP contribution in [0.1, 0.15) is 20.3 Å². The van der Waals surface area contributed by atoms with Crippen LogP contribution in [0.2, 0.25) is 0 Å². The fourth-order valence-electron chi connectivity index (χ4n) is 1.44. The molecule has 1 heterocycles. The summed E-state index contributed by atoms with van der Waals surface area (Å²) in [6.45, 7) is 2.90. The van der Waals surface area contributed by atoms with Crippen molar-refractivity contribution in [3.05, 3.63) is 0 Å². The summed E-state index contributed by atoms with van der Waals surface area (Å²) in [5, 5.41) is 37.4. The van der Waals surface area contributed by atoms with Crippen LogP contribution in [-0.2, 0) is 4.74 Å². The van der Waals surface area contributed by atoms with Crippen molar-refractivity contribution in [1.82, 2.24) is 0 Å². The Morgan fingerprint density at radius 3 is 2.23 bits per heavy atom. The molecule has 1 aliphatic heterocycles. The maximum atomic E-state index is 9.54. The van der Waals surface area contributed by atoms with Crippen LogP contribution in [0.5, 0.6) is 0 Å². The van der Waals surface area contributed by atoms with Crippen molar-refractivity contribution in [2.24, 2.45) is 0 Å². The molecule has 4 N–H and O–H groups in total. The van der Waals surface area contributed by atoms with Crippen LogP contribution in [0.15, 0.2) is 0 Å². The van der Waals surface area contributed by atoms with E-state index in [1.54, 1.807) is 0 Å². The first kappa shape index (κ1) is 10.9. The van der Waals surface area contributed by atoms with E-state index in [4.69, 9.17) is 9.84 Å². The summed E-state index contributed by atoms with van der Waals surface area (Å²) in [6.07, 6.45) is -4.35. The molecule has 0 aromatic rings. The zero-order chi connectivity index (χ0) is 10.2. The summed E-state index contributed by atoms with van der Waals surface area (Å²) in [7, 11) is 0. The Kier molecular flexibility index (Phi) is 2.94. The van der Waals surface area contributed by atoms with E-state index in [0.29, 0.717) is 0 Å². The molecule has 5 nitrogen and oxygen atoms in total. The summed E-state index contributed by atoms with van der Waals surface area (Å²) in [4.78, 5) is 0. The third-order valence-corrected chi connectivity index (χ3v) is 2.15. The van der Waals surface area contributed by atoms with Gasteiger partial charge in [-0.2, -0.15) is 0 Å². The lowest BCUT2D eigenvalue weighted by Gasteiger charge is -2.40.